The molecular weight excluding hydrogens is 546 g/mol. The zero-order valence-electron chi connectivity index (χ0n) is 25.4. The maximum absolute atomic E-state index is 5.08. The molecule has 216 valence electrons. The molecule has 2 aliphatic rings. The van der Waals surface area contributed by atoms with Gasteiger partial charge in [0.2, 0.25) is 0 Å². The number of nitrogens with zero attached hydrogens (tertiary/aromatic N) is 2. The minimum atomic E-state index is -0.267. The predicted octanol–water partition coefficient (Wildman–Crippen LogP) is 9.82. The zero-order valence-corrected chi connectivity index (χ0v) is 25.4. The van der Waals surface area contributed by atoms with Gasteiger partial charge in [0.25, 0.3) is 0 Å². The summed E-state index contributed by atoms with van der Waals surface area (Å²) in [6, 6.07) is 53.8. The number of nitrogens with one attached hydrogen (secondary N) is 1. The van der Waals surface area contributed by atoms with Crippen molar-refractivity contribution in [3.8, 4) is 33.4 Å². The van der Waals surface area contributed by atoms with Crippen LogP contribution in [0.4, 0.5) is 0 Å². The Kier molecular flexibility index (Phi) is 6.53. The lowest BCUT2D eigenvalue weighted by atomic mass is 9.81. The van der Waals surface area contributed by atoms with E-state index in [9.17, 15) is 0 Å². The molecule has 0 bridgehead atoms. The molecule has 0 fully saturated rings. The van der Waals surface area contributed by atoms with Crippen LogP contribution in [0.15, 0.2) is 162 Å². The molecule has 3 nitrogen and oxygen atoms in total. The minimum Gasteiger partial charge on any atom is -0.344 e. The first-order valence-corrected chi connectivity index (χ1v) is 15.5. The summed E-state index contributed by atoms with van der Waals surface area (Å²) in [4.78, 5) is 10.0. The fraction of sp³-hybridized carbons (Fsp3) is 0.0952. The summed E-state index contributed by atoms with van der Waals surface area (Å²) in [5.41, 5.74) is 13.4. The van der Waals surface area contributed by atoms with E-state index >= 15 is 0 Å². The van der Waals surface area contributed by atoms with Crippen molar-refractivity contribution in [1.82, 2.24) is 5.32 Å². The van der Waals surface area contributed by atoms with Gasteiger partial charge in [-0.3, -0.25) is 0 Å². The molecule has 1 atom stereocenters. The summed E-state index contributed by atoms with van der Waals surface area (Å²) in [7, 11) is 0. The van der Waals surface area contributed by atoms with Crippen molar-refractivity contribution in [3.63, 3.8) is 0 Å². The van der Waals surface area contributed by atoms with Gasteiger partial charge in [-0.25, -0.2) is 9.98 Å². The SMILES string of the molecule is CC1(C)c2ccccc2-c2ccc(-c3cccc(-c4cccc(C5N=C(c6ccccc6)N=C(c6ccccc6)N5)c4)c3)cc21. The summed E-state index contributed by atoms with van der Waals surface area (Å²) in [6.07, 6.45) is -0.267. The highest BCUT2D eigenvalue weighted by Crippen LogP contribution is 2.49. The lowest BCUT2D eigenvalue weighted by Gasteiger charge is -2.24. The second kappa shape index (κ2) is 10.9. The van der Waals surface area contributed by atoms with Crippen LogP contribution in [0, 0.1) is 0 Å². The maximum atomic E-state index is 5.08. The summed E-state index contributed by atoms with van der Waals surface area (Å²) >= 11 is 0. The topological polar surface area (TPSA) is 36.8 Å². The minimum absolute atomic E-state index is 0.0259. The van der Waals surface area contributed by atoms with Crippen molar-refractivity contribution in [2.75, 3.05) is 0 Å². The molecular formula is C42H33N3. The molecule has 1 aliphatic heterocycles. The molecule has 0 amide bonds. The van der Waals surface area contributed by atoms with Gasteiger partial charge >= 0.3 is 0 Å². The number of amidine groups is 2. The Labute approximate surface area is 264 Å². The molecule has 3 heteroatoms. The van der Waals surface area contributed by atoms with Gasteiger partial charge in [0.15, 0.2) is 5.84 Å². The van der Waals surface area contributed by atoms with Crippen LogP contribution >= 0.6 is 0 Å². The Morgan fingerprint density at radius 3 is 1.82 bits per heavy atom. The quantitative estimate of drug-likeness (QED) is 0.217. The van der Waals surface area contributed by atoms with Gasteiger partial charge in [-0.2, -0.15) is 0 Å². The van der Waals surface area contributed by atoms with Crippen LogP contribution in [0.3, 0.4) is 0 Å². The molecule has 0 spiro atoms. The van der Waals surface area contributed by atoms with E-state index in [2.05, 4.69) is 134 Å². The standard InChI is InChI=1S/C42H33N3/c1-42(2)37-22-10-9-21-35(37)36-24-23-33(27-38(36)42)31-18-11-17-30(25-31)32-19-12-20-34(26-32)41-44-39(28-13-5-3-6-14-28)43-40(45-41)29-15-7-4-8-16-29/h3-27,41H,1-2H3,(H,43,44,45). The fourth-order valence-corrected chi connectivity index (χ4v) is 6.73. The average Bonchev–Trinajstić information content (AvgIpc) is 3.34. The first-order chi connectivity index (χ1) is 22.0. The van der Waals surface area contributed by atoms with Gasteiger partial charge in [0.1, 0.15) is 12.0 Å². The molecule has 6 aromatic carbocycles. The molecule has 6 aromatic rings. The van der Waals surface area contributed by atoms with Crippen molar-refractivity contribution >= 4 is 11.7 Å². The lowest BCUT2D eigenvalue weighted by molar-refractivity contribution is 0.660. The molecule has 45 heavy (non-hydrogen) atoms. The van der Waals surface area contributed by atoms with E-state index in [1.807, 2.05) is 36.4 Å². The molecule has 1 N–H and O–H groups in total. The highest BCUT2D eigenvalue weighted by molar-refractivity contribution is 6.13. The fourth-order valence-electron chi connectivity index (χ4n) is 6.73. The molecule has 1 heterocycles. The smallest absolute Gasteiger partial charge is 0.159 e. The summed E-state index contributed by atoms with van der Waals surface area (Å²) in [5.74, 6) is 1.55. The second-order valence-electron chi connectivity index (χ2n) is 12.3. The normalized spacial score (nSPS) is 16.2. The molecule has 0 aromatic heterocycles. The van der Waals surface area contributed by atoms with Gasteiger partial charge in [-0.05, 0) is 68.3 Å². The molecule has 0 saturated heterocycles. The Bertz CT molecular complexity index is 2110. The summed E-state index contributed by atoms with van der Waals surface area (Å²) < 4.78 is 0. The highest BCUT2D eigenvalue weighted by Gasteiger charge is 2.35. The van der Waals surface area contributed by atoms with E-state index in [1.54, 1.807) is 0 Å². The second-order valence-corrected chi connectivity index (χ2v) is 12.3. The van der Waals surface area contributed by atoms with Crippen molar-refractivity contribution < 1.29 is 0 Å². The maximum Gasteiger partial charge on any atom is 0.159 e. The van der Waals surface area contributed by atoms with Crippen LogP contribution in [0.2, 0.25) is 0 Å². The van der Waals surface area contributed by atoms with E-state index in [1.165, 1.54) is 38.9 Å². The van der Waals surface area contributed by atoms with Gasteiger partial charge in [-0.15, -0.1) is 0 Å². The highest BCUT2D eigenvalue weighted by atomic mass is 15.2. The van der Waals surface area contributed by atoms with E-state index in [4.69, 9.17) is 9.98 Å². The summed E-state index contributed by atoms with van der Waals surface area (Å²) in [5, 5.41) is 3.60. The number of rotatable bonds is 5. The summed E-state index contributed by atoms with van der Waals surface area (Å²) in [6.45, 7) is 4.67. The van der Waals surface area contributed by atoms with Crippen LogP contribution < -0.4 is 5.32 Å². The van der Waals surface area contributed by atoms with E-state index in [-0.39, 0.29) is 11.6 Å². The monoisotopic (exact) mass is 579 g/mol. The van der Waals surface area contributed by atoms with Gasteiger partial charge in [0, 0.05) is 16.5 Å². The molecule has 1 unspecified atom stereocenters. The Hall–Kier alpha value is -5.54. The molecule has 0 saturated carbocycles. The average molecular weight is 580 g/mol. The van der Waals surface area contributed by atoms with Gasteiger partial charge in [0.05, 0.1) is 0 Å². The van der Waals surface area contributed by atoms with Gasteiger partial charge in [-0.1, -0.05) is 147 Å². The number of hydrogen-bond acceptors (Lipinski definition) is 3. The Morgan fingerprint density at radius 1 is 0.489 bits per heavy atom. The van der Waals surface area contributed by atoms with E-state index in [0.29, 0.717) is 0 Å². The molecule has 1 aliphatic carbocycles. The number of benzene rings is 6. The van der Waals surface area contributed by atoms with Crippen LogP contribution in [0.1, 0.15) is 47.8 Å². The van der Waals surface area contributed by atoms with E-state index < -0.39 is 0 Å². The molecule has 0 radical (unpaired) electrons. The van der Waals surface area contributed by atoms with Crippen LogP contribution in [0.5, 0.6) is 0 Å². The molecule has 8 rings (SSSR count). The predicted molar refractivity (Wildman–Crippen MR) is 187 cm³/mol. The number of aliphatic imine (C=N–C) groups is 2. The Balaban J connectivity index is 1.14. The van der Waals surface area contributed by atoms with Crippen LogP contribution in [-0.4, -0.2) is 11.7 Å². The van der Waals surface area contributed by atoms with Crippen molar-refractivity contribution in [3.05, 3.63) is 179 Å². The van der Waals surface area contributed by atoms with Crippen LogP contribution in [-0.2, 0) is 5.41 Å². The Morgan fingerprint density at radius 2 is 1.07 bits per heavy atom. The van der Waals surface area contributed by atoms with Gasteiger partial charge < -0.3 is 5.32 Å². The zero-order chi connectivity index (χ0) is 30.4. The van der Waals surface area contributed by atoms with E-state index in [0.717, 1.165) is 33.9 Å². The first kappa shape index (κ1) is 27.0. The first-order valence-electron chi connectivity index (χ1n) is 15.5. The van der Waals surface area contributed by atoms with Crippen molar-refractivity contribution in [2.45, 2.75) is 25.4 Å². The third kappa shape index (κ3) is 4.87. The van der Waals surface area contributed by atoms with Crippen molar-refractivity contribution in [1.29, 1.82) is 0 Å². The largest absolute Gasteiger partial charge is 0.344 e. The third-order valence-electron chi connectivity index (χ3n) is 9.14. The third-order valence-corrected chi connectivity index (χ3v) is 9.14. The van der Waals surface area contributed by atoms with Crippen LogP contribution in [0.25, 0.3) is 33.4 Å². The number of hydrogen-bond donors (Lipinski definition) is 1. The van der Waals surface area contributed by atoms with Crippen molar-refractivity contribution in [2.24, 2.45) is 9.98 Å². The number of fused-ring (bicyclic) bond motifs is 3. The lowest BCUT2D eigenvalue weighted by Crippen LogP contribution is -2.33.